The van der Waals surface area contributed by atoms with Crippen LogP contribution < -0.4 is 5.32 Å². The summed E-state index contributed by atoms with van der Waals surface area (Å²) in [6.45, 7) is 0. The van der Waals surface area contributed by atoms with E-state index in [1.165, 1.54) is 17.0 Å². The number of para-hydroxylation sites is 1. The molecule has 1 heterocycles. The van der Waals surface area contributed by atoms with E-state index in [0.717, 1.165) is 16.8 Å². The van der Waals surface area contributed by atoms with Crippen LogP contribution in [0, 0.1) is 5.82 Å². The average molecular weight is 388 g/mol. The number of nitrogens with one attached hydrogen (secondary N) is 1. The van der Waals surface area contributed by atoms with Crippen molar-refractivity contribution in [3.05, 3.63) is 101 Å². The minimum atomic E-state index is -0.499. The van der Waals surface area contributed by atoms with E-state index in [1.54, 1.807) is 44.4 Å². The zero-order valence-corrected chi connectivity index (χ0v) is 16.2. The molecule has 5 heteroatoms. The normalized spacial score (nSPS) is 18.0. The highest BCUT2D eigenvalue weighted by Crippen LogP contribution is 2.42. The molecule has 0 aromatic heterocycles. The smallest absolute Gasteiger partial charge is 0.253 e. The summed E-state index contributed by atoms with van der Waals surface area (Å²) in [5.74, 6) is -0.927. The number of nitrogens with zero attached hydrogens (tertiary/aromatic N) is 1. The molecule has 0 aliphatic carbocycles. The molecule has 4 nitrogen and oxygen atoms in total. The molecule has 1 aliphatic heterocycles. The van der Waals surface area contributed by atoms with Gasteiger partial charge in [-0.25, -0.2) is 4.39 Å². The van der Waals surface area contributed by atoms with Gasteiger partial charge in [0.25, 0.3) is 5.91 Å². The number of Topliss-reactive ketones (excluding diaryl/α,β-unsaturated/α-hetero) is 1. The van der Waals surface area contributed by atoms with Gasteiger partial charge in [-0.3, -0.25) is 9.59 Å². The molecule has 0 saturated heterocycles. The van der Waals surface area contributed by atoms with Gasteiger partial charge in [0.2, 0.25) is 0 Å². The molecule has 0 saturated carbocycles. The van der Waals surface area contributed by atoms with Gasteiger partial charge in [0, 0.05) is 30.9 Å². The number of hydrogen-bond acceptors (Lipinski definition) is 3. The number of halogens is 1. The SMILES string of the molecule is CN(C)C(=O)c1ccc(C2Nc3ccccc3C(=O)C2c2ccc(F)cc2)cc1. The fourth-order valence-electron chi connectivity index (χ4n) is 3.77. The van der Waals surface area contributed by atoms with Crippen molar-refractivity contribution >= 4 is 17.4 Å². The van der Waals surface area contributed by atoms with E-state index in [4.69, 9.17) is 0 Å². The second kappa shape index (κ2) is 7.51. The van der Waals surface area contributed by atoms with Crippen LogP contribution in [0.3, 0.4) is 0 Å². The molecule has 146 valence electrons. The van der Waals surface area contributed by atoms with Crippen LogP contribution in [0.15, 0.2) is 72.8 Å². The minimum Gasteiger partial charge on any atom is -0.377 e. The Hall–Kier alpha value is -3.47. The Balaban J connectivity index is 1.77. The minimum absolute atomic E-state index is 0.00981. The van der Waals surface area contributed by atoms with Gasteiger partial charge in [-0.15, -0.1) is 0 Å². The van der Waals surface area contributed by atoms with Crippen molar-refractivity contribution < 1.29 is 14.0 Å². The second-order valence-corrected chi connectivity index (χ2v) is 7.38. The summed E-state index contributed by atoms with van der Waals surface area (Å²) in [4.78, 5) is 27.1. The van der Waals surface area contributed by atoms with Gasteiger partial charge in [-0.05, 0) is 47.5 Å². The molecule has 2 atom stereocenters. The van der Waals surface area contributed by atoms with E-state index in [9.17, 15) is 14.0 Å². The molecular weight excluding hydrogens is 367 g/mol. The predicted molar refractivity (Wildman–Crippen MR) is 111 cm³/mol. The number of ketones is 1. The zero-order valence-electron chi connectivity index (χ0n) is 16.2. The molecule has 1 amide bonds. The number of carbonyl (C=O) groups is 2. The molecular formula is C24H21FN2O2. The molecule has 3 aromatic carbocycles. The third-order valence-electron chi connectivity index (χ3n) is 5.27. The summed E-state index contributed by atoms with van der Waals surface area (Å²) in [6.07, 6.45) is 0. The molecule has 1 aliphatic rings. The molecule has 4 rings (SSSR count). The van der Waals surface area contributed by atoms with Crippen LogP contribution in [0.25, 0.3) is 0 Å². The van der Waals surface area contributed by atoms with Crippen LogP contribution in [0.2, 0.25) is 0 Å². The third kappa shape index (κ3) is 3.51. The zero-order chi connectivity index (χ0) is 20.5. The first kappa shape index (κ1) is 18.9. The predicted octanol–water partition coefficient (Wildman–Crippen LogP) is 4.66. The lowest BCUT2D eigenvalue weighted by Gasteiger charge is -2.34. The van der Waals surface area contributed by atoms with Gasteiger partial charge < -0.3 is 10.2 Å². The molecule has 1 N–H and O–H groups in total. The molecule has 0 spiro atoms. The van der Waals surface area contributed by atoms with Crippen LogP contribution in [-0.2, 0) is 0 Å². The van der Waals surface area contributed by atoms with E-state index in [2.05, 4.69) is 5.32 Å². The van der Waals surface area contributed by atoms with E-state index >= 15 is 0 Å². The highest BCUT2D eigenvalue weighted by Gasteiger charge is 2.37. The van der Waals surface area contributed by atoms with Crippen molar-refractivity contribution in [1.29, 1.82) is 0 Å². The number of fused-ring (bicyclic) bond motifs is 1. The fourth-order valence-corrected chi connectivity index (χ4v) is 3.77. The van der Waals surface area contributed by atoms with E-state index in [0.29, 0.717) is 11.1 Å². The number of carbonyl (C=O) groups excluding carboxylic acids is 2. The van der Waals surface area contributed by atoms with Crippen molar-refractivity contribution in [2.75, 3.05) is 19.4 Å². The molecule has 3 aromatic rings. The quantitative estimate of drug-likeness (QED) is 0.710. The second-order valence-electron chi connectivity index (χ2n) is 7.38. The Morgan fingerprint density at radius 1 is 0.897 bits per heavy atom. The van der Waals surface area contributed by atoms with E-state index in [1.807, 2.05) is 30.3 Å². The Morgan fingerprint density at radius 3 is 2.17 bits per heavy atom. The number of hydrogen-bond donors (Lipinski definition) is 1. The van der Waals surface area contributed by atoms with E-state index < -0.39 is 5.92 Å². The van der Waals surface area contributed by atoms with Crippen molar-refractivity contribution in [2.24, 2.45) is 0 Å². The summed E-state index contributed by atoms with van der Waals surface area (Å²) in [7, 11) is 3.41. The maximum absolute atomic E-state index is 13.5. The van der Waals surface area contributed by atoms with Crippen LogP contribution in [0.4, 0.5) is 10.1 Å². The molecule has 0 radical (unpaired) electrons. The first-order valence-corrected chi connectivity index (χ1v) is 9.42. The lowest BCUT2D eigenvalue weighted by molar-refractivity contribution is 0.0827. The van der Waals surface area contributed by atoms with Crippen molar-refractivity contribution in [3.63, 3.8) is 0 Å². The van der Waals surface area contributed by atoms with Crippen LogP contribution in [0.5, 0.6) is 0 Å². The summed E-state index contributed by atoms with van der Waals surface area (Å²) in [5, 5.41) is 3.47. The van der Waals surface area contributed by atoms with Gasteiger partial charge in [0.1, 0.15) is 5.82 Å². The monoisotopic (exact) mass is 388 g/mol. The Kier molecular flexibility index (Phi) is 4.89. The number of anilines is 1. The average Bonchev–Trinajstić information content (AvgIpc) is 2.74. The first-order valence-electron chi connectivity index (χ1n) is 9.42. The standard InChI is InChI=1S/C24H21FN2O2/c1-27(2)24(29)17-9-7-16(8-10-17)22-21(15-11-13-18(25)14-12-15)23(28)19-5-3-4-6-20(19)26-22/h3-14,21-22,26H,1-2H3. The maximum Gasteiger partial charge on any atom is 0.253 e. The lowest BCUT2D eigenvalue weighted by atomic mass is 9.78. The van der Waals surface area contributed by atoms with E-state index in [-0.39, 0.29) is 23.5 Å². The Bertz CT molecular complexity index is 1060. The first-order chi connectivity index (χ1) is 14.0. The molecule has 29 heavy (non-hydrogen) atoms. The van der Waals surface area contributed by atoms with Crippen molar-refractivity contribution in [2.45, 2.75) is 12.0 Å². The van der Waals surface area contributed by atoms with Gasteiger partial charge in [0.15, 0.2) is 5.78 Å². The van der Waals surface area contributed by atoms with Crippen molar-refractivity contribution in [3.8, 4) is 0 Å². The number of rotatable bonds is 3. The largest absolute Gasteiger partial charge is 0.377 e. The fraction of sp³-hybridized carbons (Fsp3) is 0.167. The van der Waals surface area contributed by atoms with Crippen molar-refractivity contribution in [1.82, 2.24) is 4.90 Å². The van der Waals surface area contributed by atoms with Crippen LogP contribution >= 0.6 is 0 Å². The van der Waals surface area contributed by atoms with Crippen LogP contribution in [0.1, 0.15) is 43.8 Å². The number of amides is 1. The molecule has 0 fully saturated rings. The Morgan fingerprint density at radius 2 is 1.52 bits per heavy atom. The highest BCUT2D eigenvalue weighted by atomic mass is 19.1. The maximum atomic E-state index is 13.5. The van der Waals surface area contributed by atoms with Gasteiger partial charge in [-0.1, -0.05) is 36.4 Å². The van der Waals surface area contributed by atoms with Crippen LogP contribution in [-0.4, -0.2) is 30.7 Å². The highest BCUT2D eigenvalue weighted by molar-refractivity contribution is 6.08. The van der Waals surface area contributed by atoms with Gasteiger partial charge >= 0.3 is 0 Å². The summed E-state index contributed by atoms with van der Waals surface area (Å²) in [6, 6.07) is 20.4. The summed E-state index contributed by atoms with van der Waals surface area (Å²) in [5.41, 5.74) is 3.61. The topological polar surface area (TPSA) is 49.4 Å². The summed E-state index contributed by atoms with van der Waals surface area (Å²) >= 11 is 0. The molecule has 2 unspecified atom stereocenters. The number of benzene rings is 3. The third-order valence-corrected chi connectivity index (χ3v) is 5.27. The summed E-state index contributed by atoms with van der Waals surface area (Å²) < 4.78 is 13.5. The Labute approximate surface area is 169 Å². The van der Waals surface area contributed by atoms with Gasteiger partial charge in [-0.2, -0.15) is 0 Å². The van der Waals surface area contributed by atoms with Gasteiger partial charge in [0.05, 0.1) is 12.0 Å². The molecule has 0 bridgehead atoms. The lowest BCUT2D eigenvalue weighted by Crippen LogP contribution is -2.32.